The van der Waals surface area contributed by atoms with E-state index in [-0.39, 0.29) is 18.4 Å². The molecule has 140 valence electrons. The summed E-state index contributed by atoms with van der Waals surface area (Å²) >= 11 is 3.11. The Labute approximate surface area is 158 Å². The molecule has 0 amide bonds. The topological polar surface area (TPSA) is 52.3 Å². The van der Waals surface area contributed by atoms with Gasteiger partial charge in [-0.15, -0.1) is 0 Å². The van der Waals surface area contributed by atoms with Crippen molar-refractivity contribution in [2.24, 2.45) is 11.7 Å². The molecule has 0 unspecified atom stereocenters. The summed E-state index contributed by atoms with van der Waals surface area (Å²) in [5.74, 6) is 0.160. The summed E-state index contributed by atoms with van der Waals surface area (Å²) in [6.07, 6.45) is -2.29. The van der Waals surface area contributed by atoms with Crippen molar-refractivity contribution < 1.29 is 22.7 Å². The molecule has 0 bridgehead atoms. The summed E-state index contributed by atoms with van der Waals surface area (Å²) in [7, 11) is 0. The van der Waals surface area contributed by atoms with Gasteiger partial charge in [-0.25, -0.2) is 0 Å². The van der Waals surface area contributed by atoms with Crippen LogP contribution >= 0.6 is 15.9 Å². The Balaban J connectivity index is 0.000000187. The van der Waals surface area contributed by atoms with Crippen LogP contribution in [0.15, 0.2) is 53.0 Å². The molecule has 3 rings (SSSR count). The molecule has 2 aromatic rings. The molecule has 0 aromatic heterocycles. The van der Waals surface area contributed by atoms with E-state index in [4.69, 9.17) is 10.5 Å². The second-order valence-corrected chi connectivity index (χ2v) is 6.73. The van der Waals surface area contributed by atoms with Gasteiger partial charge in [0.25, 0.3) is 0 Å². The molecule has 1 fully saturated rings. The molecule has 1 aliphatic carbocycles. The minimum absolute atomic E-state index is 0.0381. The Hall–Kier alpha value is -1.86. The zero-order valence-corrected chi connectivity index (χ0v) is 15.5. The number of hydrogen-bond donors (Lipinski definition) is 1. The molecule has 0 radical (unpaired) electrons. The molecule has 1 saturated carbocycles. The van der Waals surface area contributed by atoms with Crippen LogP contribution in [0.5, 0.6) is 0 Å². The molecule has 3 nitrogen and oxygen atoms in total. The van der Waals surface area contributed by atoms with Crippen LogP contribution < -0.4 is 5.73 Å². The number of hydrogen-bond acceptors (Lipinski definition) is 3. The van der Waals surface area contributed by atoms with Crippen molar-refractivity contribution in [1.29, 1.82) is 0 Å². The monoisotopic (exact) mass is 429 g/mol. The molecule has 26 heavy (non-hydrogen) atoms. The van der Waals surface area contributed by atoms with Crippen molar-refractivity contribution in [2.45, 2.75) is 32.2 Å². The van der Waals surface area contributed by atoms with Gasteiger partial charge in [0.15, 0.2) is 0 Å². The van der Waals surface area contributed by atoms with Crippen LogP contribution in [0.25, 0.3) is 0 Å². The third kappa shape index (κ3) is 6.46. The fourth-order valence-electron chi connectivity index (χ4n) is 2.07. The van der Waals surface area contributed by atoms with Gasteiger partial charge in [0.2, 0.25) is 0 Å². The van der Waals surface area contributed by atoms with E-state index >= 15 is 0 Å². The predicted octanol–water partition coefficient (Wildman–Crippen LogP) is 5.07. The van der Waals surface area contributed by atoms with E-state index < -0.39 is 11.7 Å². The fourth-order valence-corrected chi connectivity index (χ4v) is 2.48. The molecule has 1 aliphatic rings. The van der Waals surface area contributed by atoms with E-state index in [1.54, 1.807) is 0 Å². The number of carbonyl (C=O) groups is 1. The molecule has 0 heterocycles. The zero-order valence-electron chi connectivity index (χ0n) is 13.9. The standard InChI is InChI=1S/C11H12O2.C8H7BrF3N/c12-11(10-6-7-10)13-8-9-4-2-1-3-5-9;9-7-2-1-6(8(10,11)12)3-5(7)4-13/h1-5,10H,6-8H2;1-3H,4,13H2. The minimum Gasteiger partial charge on any atom is -0.461 e. The van der Waals surface area contributed by atoms with E-state index in [9.17, 15) is 18.0 Å². The van der Waals surface area contributed by atoms with Gasteiger partial charge in [0, 0.05) is 11.0 Å². The Morgan fingerprint density at radius 1 is 1.15 bits per heavy atom. The summed E-state index contributed by atoms with van der Waals surface area (Å²) < 4.78 is 42.3. The highest BCUT2D eigenvalue weighted by Gasteiger charge is 2.31. The van der Waals surface area contributed by atoms with Gasteiger partial charge in [-0.2, -0.15) is 13.2 Å². The van der Waals surface area contributed by atoms with Crippen molar-refractivity contribution >= 4 is 21.9 Å². The fraction of sp³-hybridized carbons (Fsp3) is 0.316. The summed E-state index contributed by atoms with van der Waals surface area (Å²) in [6, 6.07) is 13.2. The molecule has 2 N–H and O–H groups in total. The lowest BCUT2D eigenvalue weighted by atomic mass is 10.1. The number of carbonyl (C=O) groups excluding carboxylic acids is 1. The minimum atomic E-state index is -4.30. The molecular formula is C19H19BrF3NO2. The Morgan fingerprint density at radius 2 is 1.81 bits per heavy atom. The SMILES string of the molecule is NCc1cc(C(F)(F)F)ccc1Br.O=C(OCc1ccccc1)C1CC1. The first-order valence-corrected chi connectivity index (χ1v) is 8.87. The van der Waals surface area contributed by atoms with Crippen molar-refractivity contribution in [3.05, 3.63) is 69.7 Å². The van der Waals surface area contributed by atoms with Gasteiger partial charge in [-0.05, 0) is 42.2 Å². The first kappa shape index (κ1) is 20.5. The third-order valence-electron chi connectivity index (χ3n) is 3.73. The maximum atomic E-state index is 12.2. The predicted molar refractivity (Wildman–Crippen MR) is 96.0 cm³/mol. The highest BCUT2D eigenvalue weighted by atomic mass is 79.9. The molecule has 0 spiro atoms. The van der Waals surface area contributed by atoms with Crippen molar-refractivity contribution in [1.82, 2.24) is 0 Å². The van der Waals surface area contributed by atoms with E-state index in [0.717, 1.165) is 30.5 Å². The smallest absolute Gasteiger partial charge is 0.416 e. The summed E-state index contributed by atoms with van der Waals surface area (Å²) in [5, 5.41) is 0. The molecule has 0 aliphatic heterocycles. The first-order chi connectivity index (χ1) is 12.3. The summed E-state index contributed by atoms with van der Waals surface area (Å²) in [5.41, 5.74) is 6.10. The lowest BCUT2D eigenvalue weighted by Gasteiger charge is -2.08. The van der Waals surface area contributed by atoms with Gasteiger partial charge >= 0.3 is 12.1 Å². The Bertz CT molecular complexity index is 731. The van der Waals surface area contributed by atoms with Crippen LogP contribution in [0.4, 0.5) is 13.2 Å². The second kappa shape index (κ2) is 9.19. The Kier molecular flexibility index (Phi) is 7.23. The largest absolute Gasteiger partial charge is 0.461 e. The van der Waals surface area contributed by atoms with E-state index in [0.29, 0.717) is 16.6 Å². The Morgan fingerprint density at radius 3 is 2.35 bits per heavy atom. The summed E-state index contributed by atoms with van der Waals surface area (Å²) in [4.78, 5) is 11.2. The number of alkyl halides is 3. The van der Waals surface area contributed by atoms with Gasteiger partial charge < -0.3 is 10.5 Å². The van der Waals surface area contributed by atoms with Gasteiger partial charge in [0.1, 0.15) is 6.61 Å². The van der Waals surface area contributed by atoms with Gasteiger partial charge in [0.05, 0.1) is 11.5 Å². The second-order valence-electron chi connectivity index (χ2n) is 5.88. The zero-order chi connectivity index (χ0) is 19.2. The van der Waals surface area contributed by atoms with Crippen molar-refractivity contribution in [2.75, 3.05) is 0 Å². The lowest BCUT2D eigenvalue weighted by molar-refractivity contribution is -0.146. The number of rotatable bonds is 4. The first-order valence-electron chi connectivity index (χ1n) is 8.07. The van der Waals surface area contributed by atoms with Crippen molar-refractivity contribution in [3.8, 4) is 0 Å². The van der Waals surface area contributed by atoms with E-state index in [1.807, 2.05) is 30.3 Å². The third-order valence-corrected chi connectivity index (χ3v) is 4.50. The lowest BCUT2D eigenvalue weighted by Crippen LogP contribution is -2.07. The average molecular weight is 430 g/mol. The number of esters is 1. The maximum absolute atomic E-state index is 12.2. The average Bonchev–Trinajstić information content (AvgIpc) is 3.46. The molecule has 7 heteroatoms. The molecule has 0 saturated heterocycles. The van der Waals surface area contributed by atoms with Gasteiger partial charge in [-0.1, -0.05) is 46.3 Å². The van der Waals surface area contributed by atoms with E-state index in [2.05, 4.69) is 15.9 Å². The quantitative estimate of drug-likeness (QED) is 0.690. The number of nitrogens with two attached hydrogens (primary N) is 1. The number of ether oxygens (including phenoxy) is 1. The van der Waals surface area contributed by atoms with Crippen LogP contribution in [0.2, 0.25) is 0 Å². The number of benzene rings is 2. The van der Waals surface area contributed by atoms with Crippen molar-refractivity contribution in [3.63, 3.8) is 0 Å². The van der Waals surface area contributed by atoms with Crippen LogP contribution in [0.1, 0.15) is 29.5 Å². The van der Waals surface area contributed by atoms with Crippen LogP contribution in [-0.4, -0.2) is 5.97 Å². The molecular weight excluding hydrogens is 411 g/mol. The maximum Gasteiger partial charge on any atom is 0.416 e. The normalized spacial score (nSPS) is 13.6. The van der Waals surface area contributed by atoms with Crippen LogP contribution in [-0.2, 0) is 28.9 Å². The highest BCUT2D eigenvalue weighted by Crippen LogP contribution is 2.32. The molecule has 0 atom stereocenters. The van der Waals surface area contributed by atoms with E-state index in [1.165, 1.54) is 6.07 Å². The number of halogens is 4. The van der Waals surface area contributed by atoms with Gasteiger partial charge in [-0.3, -0.25) is 4.79 Å². The highest BCUT2D eigenvalue weighted by molar-refractivity contribution is 9.10. The molecule has 2 aromatic carbocycles. The summed E-state index contributed by atoms with van der Waals surface area (Å²) in [6.45, 7) is 0.501. The van der Waals surface area contributed by atoms with Crippen LogP contribution in [0.3, 0.4) is 0 Å². The van der Waals surface area contributed by atoms with Crippen LogP contribution in [0, 0.1) is 5.92 Å².